The van der Waals surface area contributed by atoms with Gasteiger partial charge in [-0.3, -0.25) is 9.69 Å². The van der Waals surface area contributed by atoms with Crippen molar-refractivity contribution >= 4 is 5.97 Å². The van der Waals surface area contributed by atoms with Crippen molar-refractivity contribution in [1.82, 2.24) is 4.90 Å². The molecule has 6 heteroatoms. The molecule has 0 saturated carbocycles. The van der Waals surface area contributed by atoms with E-state index < -0.39 is 0 Å². The van der Waals surface area contributed by atoms with Crippen LogP contribution in [0.25, 0.3) is 0 Å². The molecule has 0 aliphatic carbocycles. The van der Waals surface area contributed by atoms with Crippen LogP contribution in [0.15, 0.2) is 48.5 Å². The van der Waals surface area contributed by atoms with Crippen molar-refractivity contribution in [3.05, 3.63) is 59.7 Å². The number of nitrogens with zero attached hydrogens (tertiary/aromatic N) is 1. The quantitative estimate of drug-likeness (QED) is 0.347. The zero-order valence-corrected chi connectivity index (χ0v) is 18.3. The Bertz CT molecular complexity index is 713. The lowest BCUT2D eigenvalue weighted by Gasteiger charge is -2.22. The monoisotopic (exact) mass is 415 g/mol. The van der Waals surface area contributed by atoms with Gasteiger partial charge in [-0.25, -0.2) is 0 Å². The maximum atomic E-state index is 11.9. The molecule has 164 valence electrons. The Kier molecular flexibility index (Phi) is 10.8. The first-order valence-corrected chi connectivity index (χ1v) is 10.3. The molecule has 0 fully saturated rings. The maximum Gasteiger partial charge on any atom is 0.307 e. The number of hydrogen-bond donors (Lipinski definition) is 0. The number of esters is 1. The third kappa shape index (κ3) is 8.84. The summed E-state index contributed by atoms with van der Waals surface area (Å²) in [5.74, 6) is 1.54. The number of carbonyl (C=O) groups excluding carboxylic acids is 1. The molecule has 2 aromatic carbocycles. The molecule has 30 heavy (non-hydrogen) atoms. The molecule has 0 aliphatic heterocycles. The maximum absolute atomic E-state index is 11.9. The minimum absolute atomic E-state index is 0.225. The summed E-state index contributed by atoms with van der Waals surface area (Å²) in [5, 5.41) is 0. The minimum Gasteiger partial charge on any atom is -0.492 e. The number of carbonyl (C=O) groups is 1. The largest absolute Gasteiger partial charge is 0.492 e. The van der Waals surface area contributed by atoms with Crippen molar-refractivity contribution in [3.8, 4) is 11.5 Å². The number of hydrogen-bond acceptors (Lipinski definition) is 6. The second-order valence-corrected chi connectivity index (χ2v) is 7.03. The van der Waals surface area contributed by atoms with Crippen LogP contribution in [-0.4, -0.2) is 64.0 Å². The fourth-order valence-corrected chi connectivity index (χ4v) is 2.90. The van der Waals surface area contributed by atoms with E-state index in [9.17, 15) is 4.79 Å². The molecular formula is C24H33NO5. The number of benzene rings is 2. The first-order chi connectivity index (χ1) is 14.6. The highest BCUT2D eigenvalue weighted by Crippen LogP contribution is 2.17. The number of methoxy groups -OCH3 is 1. The van der Waals surface area contributed by atoms with Gasteiger partial charge < -0.3 is 18.9 Å². The summed E-state index contributed by atoms with van der Waals surface area (Å²) in [6.45, 7) is 7.78. The molecule has 0 bridgehead atoms. The lowest BCUT2D eigenvalue weighted by molar-refractivity contribution is -0.145. The van der Waals surface area contributed by atoms with Crippen LogP contribution >= 0.6 is 0 Å². The van der Waals surface area contributed by atoms with Crippen molar-refractivity contribution in [2.75, 3.05) is 53.2 Å². The lowest BCUT2D eigenvalue weighted by atomic mass is 10.2. The van der Waals surface area contributed by atoms with Crippen LogP contribution in [0.4, 0.5) is 0 Å². The van der Waals surface area contributed by atoms with E-state index in [1.807, 2.05) is 62.4 Å². The van der Waals surface area contributed by atoms with Gasteiger partial charge in [-0.05, 0) is 37.1 Å². The molecule has 6 nitrogen and oxygen atoms in total. The number of rotatable bonds is 14. The molecule has 0 aromatic heterocycles. The van der Waals surface area contributed by atoms with Gasteiger partial charge in [0.25, 0.3) is 0 Å². The first-order valence-electron chi connectivity index (χ1n) is 10.3. The summed E-state index contributed by atoms with van der Waals surface area (Å²) in [7, 11) is 1.58. The van der Waals surface area contributed by atoms with E-state index in [1.54, 1.807) is 7.11 Å². The van der Waals surface area contributed by atoms with Gasteiger partial charge in [-0.15, -0.1) is 0 Å². The Balaban J connectivity index is 1.82. The van der Waals surface area contributed by atoms with Crippen LogP contribution in [0, 0.1) is 13.8 Å². The smallest absolute Gasteiger partial charge is 0.307 e. The number of aryl methyl sites for hydroxylation is 2. The van der Waals surface area contributed by atoms with E-state index in [1.165, 1.54) is 0 Å². The van der Waals surface area contributed by atoms with E-state index in [0.29, 0.717) is 45.9 Å². The first kappa shape index (κ1) is 23.7. The van der Waals surface area contributed by atoms with Crippen LogP contribution < -0.4 is 9.47 Å². The van der Waals surface area contributed by atoms with Crippen molar-refractivity contribution in [3.63, 3.8) is 0 Å². The van der Waals surface area contributed by atoms with E-state index in [0.717, 1.165) is 22.6 Å². The SMILES string of the molecule is COCCOC(=O)CCN(CCOc1ccccc1C)CCOc1ccccc1C. The summed E-state index contributed by atoms with van der Waals surface area (Å²) >= 11 is 0. The number of ether oxygens (including phenoxy) is 4. The van der Waals surface area contributed by atoms with Crippen LogP contribution in [-0.2, 0) is 14.3 Å². The Morgan fingerprint density at radius 1 is 0.767 bits per heavy atom. The summed E-state index contributed by atoms with van der Waals surface area (Å²) in [4.78, 5) is 14.1. The minimum atomic E-state index is -0.225. The van der Waals surface area contributed by atoms with E-state index in [-0.39, 0.29) is 12.6 Å². The van der Waals surface area contributed by atoms with Gasteiger partial charge in [0.05, 0.1) is 13.0 Å². The van der Waals surface area contributed by atoms with Gasteiger partial charge in [-0.1, -0.05) is 36.4 Å². The summed E-state index contributed by atoms with van der Waals surface area (Å²) in [5.41, 5.74) is 2.21. The van der Waals surface area contributed by atoms with Crippen LogP contribution in [0.1, 0.15) is 17.5 Å². The topological polar surface area (TPSA) is 57.2 Å². The van der Waals surface area contributed by atoms with Gasteiger partial charge in [-0.2, -0.15) is 0 Å². The molecule has 0 heterocycles. The molecule has 0 saturated heterocycles. The van der Waals surface area contributed by atoms with E-state index in [4.69, 9.17) is 18.9 Å². The molecule has 0 unspecified atom stereocenters. The van der Waals surface area contributed by atoms with Gasteiger partial charge in [0.15, 0.2) is 0 Å². The highest BCUT2D eigenvalue weighted by atomic mass is 16.6. The van der Waals surface area contributed by atoms with E-state index >= 15 is 0 Å². The second-order valence-electron chi connectivity index (χ2n) is 7.03. The van der Waals surface area contributed by atoms with Crippen molar-refractivity contribution in [2.45, 2.75) is 20.3 Å². The van der Waals surface area contributed by atoms with Gasteiger partial charge in [0, 0.05) is 26.7 Å². The van der Waals surface area contributed by atoms with Crippen LogP contribution in [0.2, 0.25) is 0 Å². The van der Waals surface area contributed by atoms with Gasteiger partial charge in [0.1, 0.15) is 31.3 Å². The molecule has 2 rings (SSSR count). The van der Waals surface area contributed by atoms with Crippen molar-refractivity contribution in [1.29, 1.82) is 0 Å². The normalized spacial score (nSPS) is 10.8. The Labute approximate surface area is 179 Å². The summed E-state index contributed by atoms with van der Waals surface area (Å²) in [6.07, 6.45) is 0.318. The second kappa shape index (κ2) is 13.6. The lowest BCUT2D eigenvalue weighted by Crippen LogP contribution is -2.34. The summed E-state index contributed by atoms with van der Waals surface area (Å²) < 4.78 is 21.9. The molecule has 0 amide bonds. The standard InChI is InChI=1S/C24H33NO5/c1-20-8-4-6-10-22(20)28-16-14-25(13-12-24(26)30-19-18-27-3)15-17-29-23-11-7-5-9-21(23)2/h4-11H,12-19H2,1-3H3. The number of para-hydroxylation sites is 2. The van der Waals surface area contributed by atoms with Gasteiger partial charge in [0.2, 0.25) is 0 Å². The predicted molar refractivity (Wildman–Crippen MR) is 117 cm³/mol. The molecule has 0 atom stereocenters. The van der Waals surface area contributed by atoms with Crippen molar-refractivity contribution in [2.24, 2.45) is 0 Å². The zero-order chi connectivity index (χ0) is 21.6. The molecule has 0 aliphatic rings. The van der Waals surface area contributed by atoms with Crippen molar-refractivity contribution < 1.29 is 23.7 Å². The average molecular weight is 416 g/mol. The fraction of sp³-hybridized carbons (Fsp3) is 0.458. The zero-order valence-electron chi connectivity index (χ0n) is 18.3. The molecule has 0 radical (unpaired) electrons. The Morgan fingerprint density at radius 2 is 1.30 bits per heavy atom. The molecular weight excluding hydrogens is 382 g/mol. The average Bonchev–Trinajstić information content (AvgIpc) is 2.74. The fourth-order valence-electron chi connectivity index (χ4n) is 2.90. The van der Waals surface area contributed by atoms with Crippen LogP contribution in [0.5, 0.6) is 11.5 Å². The summed E-state index contributed by atoms with van der Waals surface area (Å²) in [6, 6.07) is 15.9. The highest BCUT2D eigenvalue weighted by molar-refractivity contribution is 5.69. The van der Waals surface area contributed by atoms with Gasteiger partial charge >= 0.3 is 5.97 Å². The van der Waals surface area contributed by atoms with E-state index in [2.05, 4.69) is 4.90 Å². The highest BCUT2D eigenvalue weighted by Gasteiger charge is 2.11. The molecule has 0 N–H and O–H groups in total. The Morgan fingerprint density at radius 3 is 1.80 bits per heavy atom. The third-order valence-corrected chi connectivity index (χ3v) is 4.70. The molecule has 0 spiro atoms. The predicted octanol–water partition coefficient (Wildman–Crippen LogP) is 3.64. The third-order valence-electron chi connectivity index (χ3n) is 4.70. The Hall–Kier alpha value is -2.57. The van der Waals surface area contributed by atoms with Crippen LogP contribution in [0.3, 0.4) is 0 Å². The molecule has 2 aromatic rings.